The molecule has 1 heterocycles. The number of hydrogen-bond donors (Lipinski definition) is 0. The molecule has 0 aliphatic carbocycles. The Labute approximate surface area is 137 Å². The SMILES string of the molecule is Cc1ccccc1-c1c(Cl)ccc2oc(=O)c3ccccc3c12. The first-order valence-corrected chi connectivity index (χ1v) is 7.74. The van der Waals surface area contributed by atoms with Gasteiger partial charge in [-0.1, -0.05) is 54.1 Å². The maximum atomic E-state index is 12.2. The largest absolute Gasteiger partial charge is 0.422 e. The Morgan fingerprint density at radius 1 is 0.870 bits per heavy atom. The predicted octanol–water partition coefficient (Wildman–Crippen LogP) is 5.58. The second-order valence-corrected chi connectivity index (χ2v) is 5.95. The number of aryl methyl sites for hydroxylation is 1. The van der Waals surface area contributed by atoms with Crippen molar-refractivity contribution in [1.82, 2.24) is 0 Å². The Morgan fingerprint density at radius 3 is 2.35 bits per heavy atom. The van der Waals surface area contributed by atoms with Crippen molar-refractivity contribution in [2.45, 2.75) is 6.92 Å². The Kier molecular flexibility index (Phi) is 3.21. The van der Waals surface area contributed by atoms with Gasteiger partial charge in [0, 0.05) is 21.4 Å². The number of halogens is 1. The third-order valence-electron chi connectivity index (χ3n) is 4.15. The van der Waals surface area contributed by atoms with Gasteiger partial charge in [-0.3, -0.25) is 0 Å². The van der Waals surface area contributed by atoms with Crippen LogP contribution in [-0.2, 0) is 0 Å². The first-order chi connectivity index (χ1) is 11.2. The van der Waals surface area contributed by atoms with Crippen LogP contribution in [0.2, 0.25) is 5.02 Å². The van der Waals surface area contributed by atoms with Crippen LogP contribution in [0.15, 0.2) is 69.9 Å². The molecule has 0 saturated carbocycles. The summed E-state index contributed by atoms with van der Waals surface area (Å²) in [6.07, 6.45) is 0. The third-order valence-corrected chi connectivity index (χ3v) is 4.46. The van der Waals surface area contributed by atoms with Crippen molar-refractivity contribution in [2.24, 2.45) is 0 Å². The van der Waals surface area contributed by atoms with Crippen LogP contribution in [0.4, 0.5) is 0 Å². The van der Waals surface area contributed by atoms with Gasteiger partial charge in [0.25, 0.3) is 0 Å². The number of fused-ring (bicyclic) bond motifs is 3. The van der Waals surface area contributed by atoms with Gasteiger partial charge in [-0.2, -0.15) is 0 Å². The fraction of sp³-hybridized carbons (Fsp3) is 0.0500. The molecule has 0 aliphatic rings. The topological polar surface area (TPSA) is 30.2 Å². The van der Waals surface area contributed by atoms with Crippen LogP contribution in [0.25, 0.3) is 32.9 Å². The van der Waals surface area contributed by atoms with E-state index in [0.29, 0.717) is 16.0 Å². The third kappa shape index (κ3) is 2.14. The Morgan fingerprint density at radius 2 is 1.57 bits per heavy atom. The van der Waals surface area contributed by atoms with Gasteiger partial charge >= 0.3 is 5.63 Å². The lowest BCUT2D eigenvalue weighted by molar-refractivity contribution is 0.570. The summed E-state index contributed by atoms with van der Waals surface area (Å²) >= 11 is 6.53. The summed E-state index contributed by atoms with van der Waals surface area (Å²) < 4.78 is 5.52. The lowest BCUT2D eigenvalue weighted by atomic mass is 9.94. The summed E-state index contributed by atoms with van der Waals surface area (Å²) in [5, 5.41) is 2.95. The molecule has 0 atom stereocenters. The minimum Gasteiger partial charge on any atom is -0.422 e. The van der Waals surface area contributed by atoms with Crippen LogP contribution in [0.5, 0.6) is 0 Å². The van der Waals surface area contributed by atoms with E-state index >= 15 is 0 Å². The number of rotatable bonds is 1. The van der Waals surface area contributed by atoms with Crippen molar-refractivity contribution in [3.8, 4) is 11.1 Å². The van der Waals surface area contributed by atoms with Crippen molar-refractivity contribution in [2.75, 3.05) is 0 Å². The highest BCUT2D eigenvalue weighted by atomic mass is 35.5. The van der Waals surface area contributed by atoms with E-state index in [1.54, 1.807) is 18.2 Å². The molecule has 0 N–H and O–H groups in total. The molecule has 0 bridgehead atoms. The van der Waals surface area contributed by atoms with Crippen LogP contribution >= 0.6 is 11.6 Å². The molecule has 3 aromatic carbocycles. The average molecular weight is 321 g/mol. The normalized spacial score (nSPS) is 11.2. The van der Waals surface area contributed by atoms with Gasteiger partial charge in [0.2, 0.25) is 0 Å². The maximum Gasteiger partial charge on any atom is 0.344 e. The van der Waals surface area contributed by atoms with Crippen LogP contribution in [0, 0.1) is 6.92 Å². The second kappa shape index (κ2) is 5.25. The Balaban J connectivity index is 2.29. The summed E-state index contributed by atoms with van der Waals surface area (Å²) in [6.45, 7) is 2.05. The van der Waals surface area contributed by atoms with E-state index in [-0.39, 0.29) is 5.63 Å². The molecule has 4 rings (SSSR count). The van der Waals surface area contributed by atoms with E-state index in [1.807, 2.05) is 49.4 Å². The molecule has 0 amide bonds. The molecule has 0 aliphatic heterocycles. The standard InChI is InChI=1S/C20H13ClO2/c1-12-6-2-3-7-13(12)18-16(21)10-11-17-19(18)14-8-4-5-9-15(14)20(22)23-17/h2-11H,1H3. The van der Waals surface area contributed by atoms with Crippen LogP contribution in [0.1, 0.15) is 5.56 Å². The number of hydrogen-bond acceptors (Lipinski definition) is 2. The van der Waals surface area contributed by atoms with Crippen LogP contribution in [0.3, 0.4) is 0 Å². The van der Waals surface area contributed by atoms with E-state index in [9.17, 15) is 4.79 Å². The smallest absolute Gasteiger partial charge is 0.344 e. The van der Waals surface area contributed by atoms with Crippen molar-refractivity contribution >= 4 is 33.3 Å². The van der Waals surface area contributed by atoms with Crippen molar-refractivity contribution in [1.29, 1.82) is 0 Å². The lowest BCUT2D eigenvalue weighted by Crippen LogP contribution is -2.00. The average Bonchev–Trinajstić information content (AvgIpc) is 2.57. The quantitative estimate of drug-likeness (QED) is 0.339. The molecule has 0 unspecified atom stereocenters. The van der Waals surface area contributed by atoms with Gasteiger partial charge < -0.3 is 4.42 Å². The van der Waals surface area contributed by atoms with Gasteiger partial charge in [0.1, 0.15) is 5.58 Å². The summed E-state index contributed by atoms with van der Waals surface area (Å²) in [7, 11) is 0. The summed E-state index contributed by atoms with van der Waals surface area (Å²) in [5.41, 5.74) is 3.30. The highest BCUT2D eigenvalue weighted by molar-refractivity contribution is 6.36. The molecular formula is C20H13ClO2. The molecular weight excluding hydrogens is 308 g/mol. The molecule has 112 valence electrons. The van der Waals surface area contributed by atoms with Gasteiger partial charge in [-0.15, -0.1) is 0 Å². The van der Waals surface area contributed by atoms with E-state index in [4.69, 9.17) is 16.0 Å². The second-order valence-electron chi connectivity index (χ2n) is 5.55. The molecule has 0 radical (unpaired) electrons. The Bertz CT molecular complexity index is 1110. The van der Waals surface area contributed by atoms with E-state index in [0.717, 1.165) is 27.5 Å². The van der Waals surface area contributed by atoms with Gasteiger partial charge in [-0.05, 0) is 36.2 Å². The molecule has 0 fully saturated rings. The molecule has 0 saturated heterocycles. The predicted molar refractivity (Wildman–Crippen MR) is 95.2 cm³/mol. The zero-order valence-electron chi connectivity index (χ0n) is 12.5. The maximum absolute atomic E-state index is 12.2. The van der Waals surface area contributed by atoms with Gasteiger partial charge in [-0.25, -0.2) is 4.79 Å². The van der Waals surface area contributed by atoms with E-state index in [1.165, 1.54) is 0 Å². The minimum atomic E-state index is -0.328. The zero-order valence-corrected chi connectivity index (χ0v) is 13.2. The monoisotopic (exact) mass is 320 g/mol. The number of benzene rings is 3. The molecule has 4 aromatic rings. The molecule has 3 heteroatoms. The Hall–Kier alpha value is -2.58. The molecule has 1 aromatic heterocycles. The van der Waals surface area contributed by atoms with Crippen molar-refractivity contribution < 1.29 is 4.42 Å². The first kappa shape index (κ1) is 14.0. The van der Waals surface area contributed by atoms with E-state index < -0.39 is 0 Å². The van der Waals surface area contributed by atoms with E-state index in [2.05, 4.69) is 0 Å². The van der Waals surface area contributed by atoms with Crippen LogP contribution < -0.4 is 5.63 Å². The fourth-order valence-electron chi connectivity index (χ4n) is 3.06. The van der Waals surface area contributed by atoms with Gasteiger partial charge in [0.05, 0.1) is 5.39 Å². The zero-order chi connectivity index (χ0) is 16.0. The highest BCUT2D eigenvalue weighted by Crippen LogP contribution is 2.39. The summed E-state index contributed by atoms with van der Waals surface area (Å²) in [5.74, 6) is 0. The summed E-state index contributed by atoms with van der Waals surface area (Å²) in [4.78, 5) is 12.2. The molecule has 2 nitrogen and oxygen atoms in total. The highest BCUT2D eigenvalue weighted by Gasteiger charge is 2.16. The minimum absolute atomic E-state index is 0.328. The van der Waals surface area contributed by atoms with Crippen molar-refractivity contribution in [3.05, 3.63) is 81.7 Å². The molecule has 23 heavy (non-hydrogen) atoms. The summed E-state index contributed by atoms with van der Waals surface area (Å²) in [6, 6.07) is 19.1. The van der Waals surface area contributed by atoms with Crippen molar-refractivity contribution in [3.63, 3.8) is 0 Å². The molecule has 0 spiro atoms. The van der Waals surface area contributed by atoms with Crippen LogP contribution in [-0.4, -0.2) is 0 Å². The fourth-order valence-corrected chi connectivity index (χ4v) is 3.32. The van der Waals surface area contributed by atoms with Gasteiger partial charge in [0.15, 0.2) is 0 Å². The lowest BCUT2D eigenvalue weighted by Gasteiger charge is -2.13. The first-order valence-electron chi connectivity index (χ1n) is 7.37.